The van der Waals surface area contributed by atoms with Crippen LogP contribution in [0, 0.1) is 0 Å². The number of amides is 2. The van der Waals surface area contributed by atoms with Crippen LogP contribution in [0.1, 0.15) is 29.6 Å². The molecule has 104 valence electrons. The van der Waals surface area contributed by atoms with Gasteiger partial charge in [-0.1, -0.05) is 18.2 Å². The Morgan fingerprint density at radius 1 is 1.11 bits per heavy atom. The van der Waals surface area contributed by atoms with Crippen molar-refractivity contribution in [2.45, 2.75) is 19.3 Å². The van der Waals surface area contributed by atoms with E-state index in [0.29, 0.717) is 5.56 Å². The SMILES string of the molecule is NNC(=O)c1ccccc1.O=C(O)N1CCCCC1. The lowest BCUT2D eigenvalue weighted by Crippen LogP contribution is -2.34. The molecule has 0 spiro atoms. The van der Waals surface area contributed by atoms with E-state index in [1.54, 1.807) is 24.3 Å². The van der Waals surface area contributed by atoms with E-state index in [2.05, 4.69) is 0 Å². The quantitative estimate of drug-likeness (QED) is 0.407. The van der Waals surface area contributed by atoms with Crippen LogP contribution in [0.4, 0.5) is 4.79 Å². The Balaban J connectivity index is 0.000000191. The number of likely N-dealkylation sites (tertiary alicyclic amines) is 1. The second-order valence-corrected chi connectivity index (χ2v) is 4.17. The Morgan fingerprint density at radius 2 is 1.68 bits per heavy atom. The molecule has 1 saturated heterocycles. The minimum Gasteiger partial charge on any atom is -0.465 e. The van der Waals surface area contributed by atoms with Crippen molar-refractivity contribution in [2.24, 2.45) is 5.84 Å². The monoisotopic (exact) mass is 265 g/mol. The molecule has 1 aliphatic rings. The van der Waals surface area contributed by atoms with E-state index in [1.165, 1.54) is 11.3 Å². The summed E-state index contributed by atoms with van der Waals surface area (Å²) in [5, 5.41) is 8.46. The van der Waals surface area contributed by atoms with E-state index in [0.717, 1.165) is 25.9 Å². The lowest BCUT2D eigenvalue weighted by atomic mass is 10.1. The highest BCUT2D eigenvalue weighted by Crippen LogP contribution is 2.07. The molecule has 1 aliphatic heterocycles. The summed E-state index contributed by atoms with van der Waals surface area (Å²) in [7, 11) is 0. The molecular weight excluding hydrogens is 246 g/mol. The van der Waals surface area contributed by atoms with Crippen LogP contribution < -0.4 is 11.3 Å². The van der Waals surface area contributed by atoms with Gasteiger partial charge in [-0.05, 0) is 31.4 Å². The first-order valence-corrected chi connectivity index (χ1v) is 6.19. The molecule has 0 radical (unpaired) electrons. The number of hydrogen-bond acceptors (Lipinski definition) is 3. The number of nitrogens with zero attached hydrogens (tertiary/aromatic N) is 1. The van der Waals surface area contributed by atoms with E-state index in [1.807, 2.05) is 11.5 Å². The van der Waals surface area contributed by atoms with Gasteiger partial charge in [0.1, 0.15) is 0 Å². The standard InChI is InChI=1S/C7H8N2O.C6H11NO2/c8-9-7(10)6-4-2-1-3-5-6;8-6(9)7-4-2-1-3-5-7/h1-5H,8H2,(H,9,10);1-5H2,(H,8,9). The fourth-order valence-corrected chi connectivity index (χ4v) is 1.76. The zero-order valence-electron chi connectivity index (χ0n) is 10.7. The number of nitrogen functional groups attached to an aromatic ring is 1. The average molecular weight is 265 g/mol. The van der Waals surface area contributed by atoms with Gasteiger partial charge < -0.3 is 10.0 Å². The summed E-state index contributed by atoms with van der Waals surface area (Å²) in [6.45, 7) is 1.46. The first kappa shape index (κ1) is 15.0. The van der Waals surface area contributed by atoms with Gasteiger partial charge >= 0.3 is 6.09 Å². The highest BCUT2D eigenvalue weighted by atomic mass is 16.4. The number of rotatable bonds is 1. The summed E-state index contributed by atoms with van der Waals surface area (Å²) >= 11 is 0. The zero-order valence-corrected chi connectivity index (χ0v) is 10.7. The molecule has 0 unspecified atom stereocenters. The first-order valence-electron chi connectivity index (χ1n) is 6.19. The third-order valence-electron chi connectivity index (χ3n) is 2.79. The molecule has 2 rings (SSSR count). The normalized spacial score (nSPS) is 14.1. The van der Waals surface area contributed by atoms with Crippen LogP contribution in [-0.2, 0) is 0 Å². The molecule has 1 fully saturated rings. The van der Waals surface area contributed by atoms with E-state index in [9.17, 15) is 9.59 Å². The predicted octanol–water partition coefficient (Wildman–Crippen LogP) is 1.44. The second kappa shape index (κ2) is 8.10. The van der Waals surface area contributed by atoms with E-state index in [4.69, 9.17) is 10.9 Å². The summed E-state index contributed by atoms with van der Waals surface area (Å²) < 4.78 is 0. The molecule has 0 bridgehead atoms. The van der Waals surface area contributed by atoms with Gasteiger partial charge in [0.2, 0.25) is 0 Å². The molecular formula is C13H19N3O3. The zero-order chi connectivity index (χ0) is 14.1. The van der Waals surface area contributed by atoms with E-state index >= 15 is 0 Å². The van der Waals surface area contributed by atoms with Crippen LogP contribution >= 0.6 is 0 Å². The molecule has 2 amide bonds. The van der Waals surface area contributed by atoms with Crippen molar-refractivity contribution in [1.29, 1.82) is 0 Å². The smallest absolute Gasteiger partial charge is 0.407 e. The highest BCUT2D eigenvalue weighted by Gasteiger charge is 2.13. The first-order chi connectivity index (χ1) is 9.15. The summed E-state index contributed by atoms with van der Waals surface area (Å²) in [4.78, 5) is 22.5. The highest BCUT2D eigenvalue weighted by molar-refractivity contribution is 5.93. The molecule has 4 N–H and O–H groups in total. The van der Waals surface area contributed by atoms with Crippen molar-refractivity contribution in [3.63, 3.8) is 0 Å². The second-order valence-electron chi connectivity index (χ2n) is 4.17. The Morgan fingerprint density at radius 3 is 2.11 bits per heavy atom. The summed E-state index contributed by atoms with van der Waals surface area (Å²) in [6.07, 6.45) is 2.48. The Bertz CT molecular complexity index is 403. The number of hydrazine groups is 1. The third-order valence-corrected chi connectivity index (χ3v) is 2.79. The Hall–Kier alpha value is -2.08. The molecule has 0 atom stereocenters. The van der Waals surface area contributed by atoms with Crippen molar-refractivity contribution < 1.29 is 14.7 Å². The predicted molar refractivity (Wildman–Crippen MR) is 71.5 cm³/mol. The Labute approximate surface area is 112 Å². The van der Waals surface area contributed by atoms with Crippen molar-refractivity contribution in [3.05, 3.63) is 35.9 Å². The van der Waals surface area contributed by atoms with Crippen LogP contribution in [-0.4, -0.2) is 35.1 Å². The maximum atomic E-state index is 10.8. The molecule has 1 aromatic carbocycles. The molecule has 6 nitrogen and oxygen atoms in total. The van der Waals surface area contributed by atoms with Gasteiger partial charge in [-0.15, -0.1) is 0 Å². The lowest BCUT2D eigenvalue weighted by Gasteiger charge is -2.22. The fraction of sp³-hybridized carbons (Fsp3) is 0.385. The van der Waals surface area contributed by atoms with Crippen molar-refractivity contribution >= 4 is 12.0 Å². The maximum Gasteiger partial charge on any atom is 0.407 e. The van der Waals surface area contributed by atoms with Crippen molar-refractivity contribution in [1.82, 2.24) is 10.3 Å². The number of hydrogen-bond donors (Lipinski definition) is 3. The van der Waals surface area contributed by atoms with Gasteiger partial charge in [-0.2, -0.15) is 0 Å². The van der Waals surface area contributed by atoms with Gasteiger partial charge in [-0.25, -0.2) is 10.6 Å². The maximum absolute atomic E-state index is 10.8. The van der Waals surface area contributed by atoms with Gasteiger partial charge in [0.05, 0.1) is 0 Å². The number of nitrogens with one attached hydrogen (secondary N) is 1. The molecule has 0 saturated carbocycles. The topological polar surface area (TPSA) is 95.7 Å². The third kappa shape index (κ3) is 5.39. The summed E-state index contributed by atoms with van der Waals surface area (Å²) in [5.74, 6) is 4.64. The number of nitrogens with two attached hydrogens (primary N) is 1. The molecule has 0 aromatic heterocycles. The van der Waals surface area contributed by atoms with Gasteiger partial charge in [0.15, 0.2) is 0 Å². The van der Waals surface area contributed by atoms with E-state index in [-0.39, 0.29) is 5.91 Å². The van der Waals surface area contributed by atoms with E-state index < -0.39 is 6.09 Å². The molecule has 1 heterocycles. The molecule has 1 aromatic rings. The molecule has 6 heteroatoms. The van der Waals surface area contributed by atoms with Crippen LogP contribution in [0.5, 0.6) is 0 Å². The van der Waals surface area contributed by atoms with Crippen LogP contribution in [0.25, 0.3) is 0 Å². The Kier molecular flexibility index (Phi) is 6.38. The van der Waals surface area contributed by atoms with Gasteiger partial charge in [0.25, 0.3) is 5.91 Å². The van der Waals surface area contributed by atoms with Crippen LogP contribution in [0.3, 0.4) is 0 Å². The van der Waals surface area contributed by atoms with Crippen molar-refractivity contribution in [2.75, 3.05) is 13.1 Å². The summed E-state index contributed by atoms with van der Waals surface area (Å²) in [6, 6.07) is 8.80. The fourth-order valence-electron chi connectivity index (χ4n) is 1.76. The number of carbonyl (C=O) groups excluding carboxylic acids is 1. The minimum atomic E-state index is -0.769. The van der Waals surface area contributed by atoms with Gasteiger partial charge in [-0.3, -0.25) is 10.2 Å². The number of benzene rings is 1. The molecule has 19 heavy (non-hydrogen) atoms. The molecule has 0 aliphatic carbocycles. The number of carboxylic acid groups (broad SMARTS) is 1. The van der Waals surface area contributed by atoms with Gasteiger partial charge in [0, 0.05) is 18.7 Å². The van der Waals surface area contributed by atoms with Crippen LogP contribution in [0.2, 0.25) is 0 Å². The number of carbonyl (C=O) groups is 2. The van der Waals surface area contributed by atoms with Crippen LogP contribution in [0.15, 0.2) is 30.3 Å². The average Bonchev–Trinajstić information content (AvgIpc) is 2.49. The lowest BCUT2D eigenvalue weighted by molar-refractivity contribution is 0.0953. The van der Waals surface area contributed by atoms with Crippen molar-refractivity contribution in [3.8, 4) is 0 Å². The number of piperidine rings is 1. The largest absolute Gasteiger partial charge is 0.465 e. The summed E-state index contributed by atoms with van der Waals surface area (Å²) in [5.41, 5.74) is 2.62. The minimum absolute atomic E-state index is 0.263.